The summed E-state index contributed by atoms with van der Waals surface area (Å²) in [5.74, 6) is -0.989. The Bertz CT molecular complexity index is 1520. The second kappa shape index (κ2) is 8.09. The van der Waals surface area contributed by atoms with Gasteiger partial charge in [0.05, 0.1) is 11.3 Å². The van der Waals surface area contributed by atoms with Gasteiger partial charge in [0.1, 0.15) is 12.1 Å². The maximum absolute atomic E-state index is 13.9. The van der Waals surface area contributed by atoms with Crippen LogP contribution in [-0.2, 0) is 11.2 Å². The fourth-order valence-corrected chi connectivity index (χ4v) is 5.47. The highest BCUT2D eigenvalue weighted by Crippen LogP contribution is 2.45. The largest absolute Gasteiger partial charge is 0.478 e. The third-order valence-corrected chi connectivity index (χ3v) is 7.34. The summed E-state index contributed by atoms with van der Waals surface area (Å²) in [6.07, 6.45) is 0.411. The highest BCUT2D eigenvalue weighted by atomic mass is 16.4. The minimum atomic E-state index is -1.06. The molecular weight excluding hydrogens is 454 g/mol. The first-order valence-corrected chi connectivity index (χ1v) is 12.0. The first-order chi connectivity index (χ1) is 17.3. The van der Waals surface area contributed by atoms with Gasteiger partial charge in [-0.3, -0.25) is 9.69 Å². The number of aromatic amines is 1. The quantitative estimate of drug-likeness (QED) is 0.380. The molecule has 2 N–H and O–H groups in total. The number of carboxylic acid groups (broad SMARTS) is 1. The number of carbonyl (C=O) groups excluding carboxylic acids is 2. The van der Waals surface area contributed by atoms with Crippen LogP contribution < -0.4 is 4.90 Å². The predicted octanol–water partition coefficient (Wildman–Crippen LogP) is 5.47. The maximum Gasteiger partial charge on any atom is 0.335 e. The SMILES string of the molecule is CC(C)c1ccc([C@@H]2c3[nH]c4ccccc4c3C[C@@H]3C(=O)N(c4ccc(C(=O)O)cc4)C(=O)N23)cc1. The summed E-state index contributed by atoms with van der Waals surface area (Å²) in [7, 11) is 0. The van der Waals surface area contributed by atoms with E-state index in [9.17, 15) is 19.5 Å². The Morgan fingerprint density at radius 3 is 2.33 bits per heavy atom. The van der Waals surface area contributed by atoms with Crippen LogP contribution in [0.2, 0.25) is 0 Å². The molecule has 6 rings (SSSR count). The molecule has 4 aromatic rings. The van der Waals surface area contributed by atoms with Gasteiger partial charge in [0.25, 0.3) is 5.91 Å². The van der Waals surface area contributed by atoms with E-state index in [1.807, 2.05) is 36.4 Å². The van der Waals surface area contributed by atoms with E-state index < -0.39 is 24.1 Å². The number of rotatable bonds is 4. The molecule has 180 valence electrons. The average Bonchev–Trinajstić information content (AvgIpc) is 3.37. The zero-order chi connectivity index (χ0) is 25.1. The van der Waals surface area contributed by atoms with Crippen LogP contribution in [-0.4, -0.2) is 38.9 Å². The molecule has 0 saturated carbocycles. The van der Waals surface area contributed by atoms with Gasteiger partial charge in [0.15, 0.2) is 0 Å². The summed E-state index contributed by atoms with van der Waals surface area (Å²) >= 11 is 0. The average molecular weight is 480 g/mol. The monoisotopic (exact) mass is 479 g/mol. The molecule has 0 spiro atoms. The molecule has 3 aromatic carbocycles. The zero-order valence-corrected chi connectivity index (χ0v) is 19.9. The number of benzene rings is 3. The summed E-state index contributed by atoms with van der Waals surface area (Å²) in [5, 5.41) is 10.3. The second-order valence-electron chi connectivity index (χ2n) is 9.72. The van der Waals surface area contributed by atoms with Gasteiger partial charge in [-0.2, -0.15) is 0 Å². The van der Waals surface area contributed by atoms with Crippen molar-refractivity contribution in [3.05, 3.63) is 101 Å². The maximum atomic E-state index is 13.9. The highest BCUT2D eigenvalue weighted by Gasteiger charge is 2.53. The van der Waals surface area contributed by atoms with E-state index in [4.69, 9.17) is 0 Å². The van der Waals surface area contributed by atoms with Gasteiger partial charge in [-0.15, -0.1) is 0 Å². The van der Waals surface area contributed by atoms with Crippen molar-refractivity contribution in [3.8, 4) is 0 Å². The second-order valence-corrected chi connectivity index (χ2v) is 9.72. The Kier molecular flexibility index (Phi) is 4.96. The predicted molar refractivity (Wildman–Crippen MR) is 136 cm³/mol. The first-order valence-electron chi connectivity index (χ1n) is 12.0. The minimum Gasteiger partial charge on any atom is -0.478 e. The van der Waals surface area contributed by atoms with Crippen LogP contribution in [0.3, 0.4) is 0 Å². The lowest BCUT2D eigenvalue weighted by Crippen LogP contribution is -2.44. The number of fused-ring (bicyclic) bond motifs is 4. The molecule has 36 heavy (non-hydrogen) atoms. The van der Waals surface area contributed by atoms with Gasteiger partial charge in [-0.25, -0.2) is 14.5 Å². The molecule has 0 radical (unpaired) electrons. The number of hydrogen-bond donors (Lipinski definition) is 2. The Balaban J connectivity index is 1.49. The topological polar surface area (TPSA) is 93.7 Å². The molecule has 0 unspecified atom stereocenters. The molecule has 0 bridgehead atoms. The van der Waals surface area contributed by atoms with Crippen LogP contribution in [0.4, 0.5) is 10.5 Å². The third-order valence-electron chi connectivity index (χ3n) is 7.34. The van der Waals surface area contributed by atoms with Gasteiger partial charge in [0, 0.05) is 23.0 Å². The van der Waals surface area contributed by atoms with Crippen molar-refractivity contribution in [1.82, 2.24) is 9.88 Å². The van der Waals surface area contributed by atoms with Crippen LogP contribution in [0.15, 0.2) is 72.8 Å². The van der Waals surface area contributed by atoms with Crippen molar-refractivity contribution in [1.29, 1.82) is 0 Å². The number of imide groups is 1. The van der Waals surface area contributed by atoms with Crippen LogP contribution in [0.5, 0.6) is 0 Å². The lowest BCUT2D eigenvalue weighted by Gasteiger charge is -2.36. The Morgan fingerprint density at radius 1 is 0.972 bits per heavy atom. The Morgan fingerprint density at radius 2 is 1.67 bits per heavy atom. The van der Waals surface area contributed by atoms with Gasteiger partial charge in [0.2, 0.25) is 0 Å². The van der Waals surface area contributed by atoms with Gasteiger partial charge in [-0.05, 0) is 52.9 Å². The van der Waals surface area contributed by atoms with Crippen LogP contribution in [0.25, 0.3) is 10.9 Å². The number of carbonyl (C=O) groups is 3. The highest BCUT2D eigenvalue weighted by molar-refractivity contribution is 6.22. The number of aromatic carboxylic acids is 1. The van der Waals surface area contributed by atoms with E-state index >= 15 is 0 Å². The summed E-state index contributed by atoms with van der Waals surface area (Å²) in [5.41, 5.74) is 5.55. The molecule has 2 atom stereocenters. The standard InChI is InChI=1S/C29H25N3O4/c1-16(2)17-7-9-18(10-8-17)26-25-22(21-5-3-4-6-23(21)30-25)15-24-27(33)31(29(36)32(24)26)20-13-11-19(12-14-20)28(34)35/h3-14,16,24,26,30H,15H2,1-2H3,(H,34,35)/t24-,26-/m1/s1. The number of anilines is 1. The number of H-pyrrole nitrogens is 1. The first kappa shape index (κ1) is 22.1. The fraction of sp³-hybridized carbons (Fsp3) is 0.207. The van der Waals surface area contributed by atoms with Crippen molar-refractivity contribution in [2.75, 3.05) is 4.90 Å². The van der Waals surface area contributed by atoms with E-state index in [-0.39, 0.29) is 11.5 Å². The number of amides is 3. The molecule has 2 aliphatic rings. The van der Waals surface area contributed by atoms with Crippen LogP contribution >= 0.6 is 0 Å². The Labute approximate surface area is 208 Å². The summed E-state index contributed by atoms with van der Waals surface area (Å²) in [6.45, 7) is 4.27. The van der Waals surface area contributed by atoms with Crippen molar-refractivity contribution < 1.29 is 19.5 Å². The lowest BCUT2D eigenvalue weighted by atomic mass is 9.88. The smallest absolute Gasteiger partial charge is 0.335 e. The number of urea groups is 1. The molecular formula is C29H25N3O4. The van der Waals surface area contributed by atoms with E-state index in [1.165, 1.54) is 34.7 Å². The van der Waals surface area contributed by atoms with E-state index in [0.29, 0.717) is 18.0 Å². The number of aromatic nitrogens is 1. The number of nitrogens with zero attached hydrogens (tertiary/aromatic N) is 2. The van der Waals surface area contributed by atoms with E-state index in [2.05, 4.69) is 31.0 Å². The molecule has 7 nitrogen and oxygen atoms in total. The molecule has 1 aromatic heterocycles. The molecule has 3 amide bonds. The molecule has 1 saturated heterocycles. The van der Waals surface area contributed by atoms with Gasteiger partial charge in [-0.1, -0.05) is 56.3 Å². The molecule has 7 heteroatoms. The van der Waals surface area contributed by atoms with Crippen LogP contribution in [0.1, 0.15) is 58.5 Å². The number of nitrogens with one attached hydrogen (secondary N) is 1. The van der Waals surface area contributed by atoms with Gasteiger partial charge >= 0.3 is 12.0 Å². The summed E-state index contributed by atoms with van der Waals surface area (Å²) < 4.78 is 0. The minimum absolute atomic E-state index is 0.0973. The van der Waals surface area contributed by atoms with E-state index in [0.717, 1.165) is 27.7 Å². The molecule has 3 heterocycles. The summed E-state index contributed by atoms with van der Waals surface area (Å²) in [4.78, 5) is 45.2. The molecule has 1 fully saturated rings. The van der Waals surface area contributed by atoms with Gasteiger partial charge < -0.3 is 10.1 Å². The lowest BCUT2D eigenvalue weighted by molar-refractivity contribution is -0.120. The van der Waals surface area contributed by atoms with Crippen molar-refractivity contribution in [2.45, 2.75) is 38.3 Å². The number of para-hydroxylation sites is 1. The number of carboxylic acids is 1. The zero-order valence-electron chi connectivity index (χ0n) is 19.9. The Hall–Kier alpha value is -4.39. The molecule has 0 aliphatic carbocycles. The molecule has 2 aliphatic heterocycles. The summed E-state index contributed by atoms with van der Waals surface area (Å²) in [6, 6.07) is 20.6. The van der Waals surface area contributed by atoms with Crippen molar-refractivity contribution in [2.24, 2.45) is 0 Å². The normalized spacial score (nSPS) is 19.2. The van der Waals surface area contributed by atoms with Crippen LogP contribution in [0, 0.1) is 0 Å². The van der Waals surface area contributed by atoms with Crippen molar-refractivity contribution >= 4 is 34.5 Å². The number of hydrogen-bond acceptors (Lipinski definition) is 3. The van der Waals surface area contributed by atoms with Crippen molar-refractivity contribution in [3.63, 3.8) is 0 Å². The fourth-order valence-electron chi connectivity index (χ4n) is 5.47. The third kappa shape index (κ3) is 3.23. The van der Waals surface area contributed by atoms with E-state index in [1.54, 1.807) is 4.90 Å².